The molecule has 0 aliphatic carbocycles. The summed E-state index contributed by atoms with van der Waals surface area (Å²) in [6, 6.07) is 0.399. The van der Waals surface area contributed by atoms with Crippen LogP contribution in [-0.2, 0) is 9.47 Å². The maximum Gasteiger partial charge on any atom is 0.222 e. The van der Waals surface area contributed by atoms with E-state index in [4.69, 9.17) is 20.6 Å². The van der Waals surface area contributed by atoms with E-state index in [1.807, 2.05) is 7.05 Å². The van der Waals surface area contributed by atoms with Crippen molar-refractivity contribution in [2.45, 2.75) is 39.7 Å². The summed E-state index contributed by atoms with van der Waals surface area (Å²) in [7, 11) is 4.08. The van der Waals surface area contributed by atoms with E-state index >= 15 is 0 Å². The SMILES string of the molecule is CC[N+](CC)(CC)CC1CCCN1/C(N)=N/C(=N)N(C)COCC[N+]1(C)CCOCC1. The minimum Gasteiger partial charge on any atom is -0.370 e. The maximum absolute atomic E-state index is 8.34. The summed E-state index contributed by atoms with van der Waals surface area (Å²) in [5.74, 6) is 0.615. The van der Waals surface area contributed by atoms with Crippen LogP contribution in [0.15, 0.2) is 4.99 Å². The number of ether oxygens (including phenoxy) is 2. The third-order valence-electron chi connectivity index (χ3n) is 7.48. The van der Waals surface area contributed by atoms with Gasteiger partial charge in [-0.05, 0) is 33.6 Å². The number of nitrogens with two attached hydrogens (primary N) is 1. The Morgan fingerprint density at radius 3 is 2.52 bits per heavy atom. The lowest BCUT2D eigenvalue weighted by molar-refractivity contribution is -0.924. The number of likely N-dealkylation sites (N-methyl/N-ethyl adjacent to an activating group) is 2. The molecule has 2 aliphatic heterocycles. The fraction of sp³-hybridized carbons (Fsp3) is 0.909. The molecular formula is C22H47N7O2+2. The van der Waals surface area contributed by atoms with Gasteiger partial charge in [-0.15, -0.1) is 0 Å². The monoisotopic (exact) mass is 441 g/mol. The molecule has 2 aliphatic rings. The molecule has 2 heterocycles. The topological polar surface area (TPSA) is 87.2 Å². The van der Waals surface area contributed by atoms with Crippen LogP contribution in [0.2, 0.25) is 0 Å². The zero-order valence-electron chi connectivity index (χ0n) is 20.6. The van der Waals surface area contributed by atoms with E-state index in [0.29, 0.717) is 25.3 Å². The molecule has 2 saturated heterocycles. The number of guanidine groups is 2. The van der Waals surface area contributed by atoms with Crippen LogP contribution in [0.4, 0.5) is 0 Å². The van der Waals surface area contributed by atoms with Crippen molar-refractivity contribution >= 4 is 11.9 Å². The second kappa shape index (κ2) is 12.0. The van der Waals surface area contributed by atoms with Crippen molar-refractivity contribution in [3.8, 4) is 0 Å². The highest BCUT2D eigenvalue weighted by molar-refractivity contribution is 5.92. The molecule has 0 amide bonds. The number of morpholine rings is 1. The Labute approximate surface area is 189 Å². The first-order valence-corrected chi connectivity index (χ1v) is 12.0. The normalized spacial score (nSPS) is 22.0. The van der Waals surface area contributed by atoms with Gasteiger partial charge in [0.1, 0.15) is 26.4 Å². The second-order valence-corrected chi connectivity index (χ2v) is 9.39. The van der Waals surface area contributed by atoms with Crippen molar-refractivity contribution in [1.29, 1.82) is 5.41 Å². The Balaban J connectivity index is 1.83. The zero-order chi connectivity index (χ0) is 22.9. The summed E-state index contributed by atoms with van der Waals surface area (Å²) < 4.78 is 13.4. The first-order valence-electron chi connectivity index (χ1n) is 12.0. The number of nitrogens with one attached hydrogen (secondary N) is 1. The molecule has 1 unspecified atom stereocenters. The average molecular weight is 442 g/mol. The van der Waals surface area contributed by atoms with Gasteiger partial charge in [-0.1, -0.05) is 0 Å². The Bertz CT molecular complexity index is 580. The quantitative estimate of drug-likeness (QED) is 0.173. The van der Waals surface area contributed by atoms with Crippen molar-refractivity contribution in [2.24, 2.45) is 10.7 Å². The van der Waals surface area contributed by atoms with Gasteiger partial charge in [0, 0.05) is 13.6 Å². The standard InChI is InChI=1S/C22H47N7O2/c1-6-29(7-2,8-3)18-20-10-9-11-27(20)22(24)25-21(23)26(4)19-31-17-14-28(5)12-15-30-16-13-28/h20H,6-19H2,1-5H3,(H3,23,24,25)/q+2. The summed E-state index contributed by atoms with van der Waals surface area (Å²) in [5, 5.41) is 8.34. The van der Waals surface area contributed by atoms with E-state index in [2.05, 4.69) is 37.7 Å². The molecule has 0 radical (unpaired) electrons. The molecule has 3 N–H and O–H groups in total. The van der Waals surface area contributed by atoms with Crippen molar-refractivity contribution in [3.63, 3.8) is 0 Å². The van der Waals surface area contributed by atoms with Gasteiger partial charge < -0.3 is 34.0 Å². The molecule has 0 aromatic rings. The molecule has 31 heavy (non-hydrogen) atoms. The molecule has 9 heteroatoms. The number of quaternary nitrogens is 2. The number of hydrogen-bond donors (Lipinski definition) is 2. The first-order chi connectivity index (χ1) is 14.8. The Kier molecular flexibility index (Phi) is 9.99. The predicted molar refractivity (Wildman–Crippen MR) is 126 cm³/mol. The van der Waals surface area contributed by atoms with Crippen LogP contribution in [0.25, 0.3) is 0 Å². The summed E-state index contributed by atoms with van der Waals surface area (Å²) in [4.78, 5) is 8.34. The van der Waals surface area contributed by atoms with Crippen molar-refractivity contribution in [1.82, 2.24) is 9.80 Å². The van der Waals surface area contributed by atoms with Gasteiger partial charge in [-0.3, -0.25) is 5.41 Å². The highest BCUT2D eigenvalue weighted by Crippen LogP contribution is 2.21. The van der Waals surface area contributed by atoms with Crippen LogP contribution in [0.5, 0.6) is 0 Å². The maximum atomic E-state index is 8.34. The van der Waals surface area contributed by atoms with Gasteiger partial charge in [0.05, 0.1) is 59.1 Å². The highest BCUT2D eigenvalue weighted by atomic mass is 16.5. The zero-order valence-corrected chi connectivity index (χ0v) is 20.6. The molecule has 0 saturated carbocycles. The molecule has 2 rings (SSSR count). The lowest BCUT2D eigenvalue weighted by Crippen LogP contribution is -2.56. The summed E-state index contributed by atoms with van der Waals surface area (Å²) in [6.45, 7) is 17.9. The van der Waals surface area contributed by atoms with Gasteiger partial charge in [0.25, 0.3) is 0 Å². The third kappa shape index (κ3) is 7.30. The van der Waals surface area contributed by atoms with Gasteiger partial charge in [-0.25, -0.2) is 0 Å². The van der Waals surface area contributed by atoms with Crippen molar-refractivity contribution in [3.05, 3.63) is 0 Å². The lowest BCUT2D eigenvalue weighted by atomic mass is 10.1. The molecule has 2 fully saturated rings. The molecular weight excluding hydrogens is 394 g/mol. The van der Waals surface area contributed by atoms with Crippen molar-refractivity contribution in [2.75, 3.05) is 93.0 Å². The first kappa shape index (κ1) is 25.8. The largest absolute Gasteiger partial charge is 0.370 e. The van der Waals surface area contributed by atoms with E-state index in [1.165, 1.54) is 0 Å². The molecule has 1 atom stereocenters. The molecule has 0 aromatic carbocycles. The number of likely N-dealkylation sites (tertiary alicyclic amines) is 1. The number of aliphatic imine (C=N–C) groups is 1. The van der Waals surface area contributed by atoms with Gasteiger partial charge >= 0.3 is 0 Å². The van der Waals surface area contributed by atoms with Crippen LogP contribution in [0.3, 0.4) is 0 Å². The van der Waals surface area contributed by atoms with Crippen LogP contribution in [-0.4, -0.2) is 130 Å². The number of rotatable bonds is 10. The van der Waals surface area contributed by atoms with Crippen LogP contribution in [0, 0.1) is 5.41 Å². The minimum absolute atomic E-state index is 0.150. The van der Waals surface area contributed by atoms with Crippen LogP contribution < -0.4 is 5.73 Å². The molecule has 0 aromatic heterocycles. The van der Waals surface area contributed by atoms with Gasteiger partial charge in [-0.2, -0.15) is 4.99 Å². The second-order valence-electron chi connectivity index (χ2n) is 9.39. The molecule has 0 spiro atoms. The van der Waals surface area contributed by atoms with Gasteiger partial charge in [0.2, 0.25) is 5.96 Å². The Hall–Kier alpha value is -1.42. The third-order valence-corrected chi connectivity index (χ3v) is 7.48. The Morgan fingerprint density at radius 1 is 1.26 bits per heavy atom. The summed E-state index contributed by atoms with van der Waals surface area (Å²) in [6.07, 6.45) is 2.27. The highest BCUT2D eigenvalue weighted by Gasteiger charge is 2.34. The molecule has 0 bridgehead atoms. The lowest BCUT2D eigenvalue weighted by Gasteiger charge is -2.40. The fourth-order valence-corrected chi connectivity index (χ4v) is 4.65. The van der Waals surface area contributed by atoms with Crippen LogP contribution >= 0.6 is 0 Å². The molecule has 180 valence electrons. The predicted octanol–water partition coefficient (Wildman–Crippen LogP) is 0.959. The van der Waals surface area contributed by atoms with E-state index < -0.39 is 0 Å². The smallest absolute Gasteiger partial charge is 0.222 e. The van der Waals surface area contributed by atoms with Crippen molar-refractivity contribution < 1.29 is 18.4 Å². The number of nitrogens with zero attached hydrogens (tertiary/aromatic N) is 5. The van der Waals surface area contributed by atoms with Gasteiger partial charge in [0.15, 0.2) is 5.96 Å². The van der Waals surface area contributed by atoms with E-state index in [0.717, 1.165) is 87.4 Å². The van der Waals surface area contributed by atoms with E-state index in [9.17, 15) is 0 Å². The Morgan fingerprint density at radius 2 is 1.90 bits per heavy atom. The molecule has 9 nitrogen and oxygen atoms in total. The average Bonchev–Trinajstić information content (AvgIpc) is 3.23. The summed E-state index contributed by atoms with van der Waals surface area (Å²) >= 11 is 0. The van der Waals surface area contributed by atoms with E-state index in [-0.39, 0.29) is 5.96 Å². The number of hydrogen-bond acceptors (Lipinski definition) is 3. The fourth-order valence-electron chi connectivity index (χ4n) is 4.65. The summed E-state index contributed by atoms with van der Waals surface area (Å²) in [5.41, 5.74) is 6.37. The minimum atomic E-state index is 0.150. The van der Waals surface area contributed by atoms with E-state index in [1.54, 1.807) is 4.90 Å². The van der Waals surface area contributed by atoms with Crippen LogP contribution in [0.1, 0.15) is 33.6 Å².